The van der Waals surface area contributed by atoms with E-state index in [9.17, 15) is 13.2 Å². The summed E-state index contributed by atoms with van der Waals surface area (Å²) in [6, 6.07) is 7.76. The zero-order chi connectivity index (χ0) is 15.3. The Morgan fingerprint density at radius 1 is 1.24 bits per heavy atom. The summed E-state index contributed by atoms with van der Waals surface area (Å²) >= 11 is 0. The maximum Gasteiger partial charge on any atom is 0.411 e. The number of nitrogen functional groups attached to an aromatic ring is 1. The second kappa shape index (κ2) is 7.13. The van der Waals surface area contributed by atoms with Gasteiger partial charge in [-0.3, -0.25) is 0 Å². The van der Waals surface area contributed by atoms with Gasteiger partial charge < -0.3 is 15.8 Å². The maximum atomic E-state index is 12.2. The van der Waals surface area contributed by atoms with Crippen LogP contribution < -0.4 is 11.1 Å². The van der Waals surface area contributed by atoms with E-state index in [0.29, 0.717) is 19.4 Å². The molecule has 1 aromatic rings. The topological polar surface area (TPSA) is 47.3 Å². The molecule has 0 saturated heterocycles. The molecule has 1 aliphatic carbocycles. The van der Waals surface area contributed by atoms with Crippen LogP contribution in [0.1, 0.15) is 31.2 Å². The molecule has 2 atom stereocenters. The third kappa shape index (κ3) is 5.55. The fourth-order valence-electron chi connectivity index (χ4n) is 2.64. The van der Waals surface area contributed by atoms with Crippen molar-refractivity contribution in [2.45, 2.75) is 50.6 Å². The molecule has 0 radical (unpaired) electrons. The van der Waals surface area contributed by atoms with E-state index in [4.69, 9.17) is 10.5 Å². The predicted molar refractivity (Wildman–Crippen MR) is 75.7 cm³/mol. The number of halogens is 3. The summed E-state index contributed by atoms with van der Waals surface area (Å²) in [5.41, 5.74) is 7.61. The second-order valence-electron chi connectivity index (χ2n) is 5.49. The minimum Gasteiger partial charge on any atom is -0.398 e. The monoisotopic (exact) mass is 302 g/mol. The molecule has 2 unspecified atom stereocenters. The number of hydrogen-bond acceptors (Lipinski definition) is 3. The number of anilines is 1. The van der Waals surface area contributed by atoms with Gasteiger partial charge in [-0.15, -0.1) is 0 Å². The van der Waals surface area contributed by atoms with Crippen LogP contribution in [0.4, 0.5) is 18.9 Å². The summed E-state index contributed by atoms with van der Waals surface area (Å²) in [5, 5.41) is 3.36. The van der Waals surface area contributed by atoms with Crippen LogP contribution in [0.15, 0.2) is 24.3 Å². The molecule has 0 aliphatic heterocycles. The van der Waals surface area contributed by atoms with E-state index >= 15 is 0 Å². The Balaban J connectivity index is 1.78. The first kappa shape index (κ1) is 16.1. The lowest BCUT2D eigenvalue weighted by Gasteiger charge is -2.30. The zero-order valence-electron chi connectivity index (χ0n) is 11.8. The van der Waals surface area contributed by atoms with E-state index in [1.54, 1.807) is 0 Å². The molecule has 3 nitrogen and oxygen atoms in total. The number of nitrogens with one attached hydrogen (secondary N) is 1. The van der Waals surface area contributed by atoms with Gasteiger partial charge in [0.05, 0.1) is 6.10 Å². The zero-order valence-corrected chi connectivity index (χ0v) is 11.8. The van der Waals surface area contributed by atoms with Crippen LogP contribution in [0.5, 0.6) is 0 Å². The third-order valence-electron chi connectivity index (χ3n) is 3.75. The van der Waals surface area contributed by atoms with Gasteiger partial charge in [0.15, 0.2) is 0 Å². The summed E-state index contributed by atoms with van der Waals surface area (Å²) in [5.74, 6) is 0. The van der Waals surface area contributed by atoms with Crippen LogP contribution in [0.2, 0.25) is 0 Å². The van der Waals surface area contributed by atoms with E-state index in [2.05, 4.69) is 5.32 Å². The highest BCUT2D eigenvalue weighted by atomic mass is 19.4. The molecule has 118 valence electrons. The average Bonchev–Trinajstić information content (AvgIpc) is 2.44. The molecule has 3 N–H and O–H groups in total. The van der Waals surface area contributed by atoms with E-state index in [1.807, 2.05) is 24.3 Å². The molecule has 0 bridgehead atoms. The Morgan fingerprint density at radius 2 is 2.00 bits per heavy atom. The third-order valence-corrected chi connectivity index (χ3v) is 3.75. The van der Waals surface area contributed by atoms with E-state index in [1.165, 1.54) is 0 Å². The molecular weight excluding hydrogens is 281 g/mol. The molecule has 1 saturated carbocycles. The molecular formula is C15H21F3N2O. The Morgan fingerprint density at radius 3 is 2.71 bits per heavy atom. The summed E-state index contributed by atoms with van der Waals surface area (Å²) in [4.78, 5) is 0. The molecule has 0 spiro atoms. The van der Waals surface area contributed by atoms with Crippen molar-refractivity contribution < 1.29 is 17.9 Å². The van der Waals surface area contributed by atoms with Gasteiger partial charge in [-0.1, -0.05) is 18.2 Å². The molecule has 1 aliphatic rings. The highest BCUT2D eigenvalue weighted by molar-refractivity contribution is 5.46. The summed E-state index contributed by atoms with van der Waals surface area (Å²) in [6.07, 6.45) is -1.42. The van der Waals surface area contributed by atoms with Gasteiger partial charge in [0.25, 0.3) is 0 Å². The number of ether oxygens (including phenoxy) is 1. The van der Waals surface area contributed by atoms with Crippen molar-refractivity contribution in [3.63, 3.8) is 0 Å². The van der Waals surface area contributed by atoms with Crippen LogP contribution in [0, 0.1) is 0 Å². The van der Waals surface area contributed by atoms with Crippen molar-refractivity contribution in [3.8, 4) is 0 Å². The molecule has 0 heterocycles. The lowest BCUT2D eigenvalue weighted by atomic mass is 9.92. The molecule has 1 fully saturated rings. The van der Waals surface area contributed by atoms with Gasteiger partial charge in [-0.2, -0.15) is 13.2 Å². The lowest BCUT2D eigenvalue weighted by Crippen LogP contribution is -2.37. The van der Waals surface area contributed by atoms with Gasteiger partial charge in [-0.05, 0) is 37.3 Å². The molecule has 6 heteroatoms. The number of para-hydroxylation sites is 1. The van der Waals surface area contributed by atoms with Crippen LogP contribution >= 0.6 is 0 Å². The first-order valence-electron chi connectivity index (χ1n) is 7.19. The fraction of sp³-hybridized carbons (Fsp3) is 0.600. The molecule has 1 aromatic carbocycles. The SMILES string of the molecule is Nc1ccccc1CNC1CCCC(OCC(F)(F)F)C1. The minimum atomic E-state index is -4.25. The van der Waals surface area contributed by atoms with Gasteiger partial charge in [0.2, 0.25) is 0 Å². The Bertz CT molecular complexity index is 451. The standard InChI is InChI=1S/C15H21F3N2O/c16-15(17,18)10-21-13-6-3-5-12(8-13)20-9-11-4-1-2-7-14(11)19/h1-2,4,7,12-13,20H,3,5-6,8-10,19H2. The Kier molecular flexibility index (Phi) is 5.47. The van der Waals surface area contributed by atoms with Crippen LogP contribution in [-0.4, -0.2) is 24.9 Å². The average molecular weight is 302 g/mol. The van der Waals surface area contributed by atoms with Crippen molar-refractivity contribution in [2.75, 3.05) is 12.3 Å². The predicted octanol–water partition coefficient (Wildman–Crippen LogP) is 3.25. The lowest BCUT2D eigenvalue weighted by molar-refractivity contribution is -0.188. The van der Waals surface area contributed by atoms with Crippen molar-refractivity contribution in [2.24, 2.45) is 0 Å². The largest absolute Gasteiger partial charge is 0.411 e. The Labute approximate surface area is 122 Å². The highest BCUT2D eigenvalue weighted by Crippen LogP contribution is 2.24. The fourth-order valence-corrected chi connectivity index (χ4v) is 2.64. The quantitative estimate of drug-likeness (QED) is 0.821. The molecule has 0 aromatic heterocycles. The van der Waals surface area contributed by atoms with Crippen molar-refractivity contribution in [1.29, 1.82) is 0 Å². The number of benzene rings is 1. The minimum absolute atomic E-state index is 0.177. The number of rotatable bonds is 5. The van der Waals surface area contributed by atoms with Gasteiger partial charge in [0, 0.05) is 18.3 Å². The van der Waals surface area contributed by atoms with Crippen LogP contribution in [0.25, 0.3) is 0 Å². The first-order valence-corrected chi connectivity index (χ1v) is 7.19. The molecule has 0 amide bonds. The van der Waals surface area contributed by atoms with E-state index in [-0.39, 0.29) is 12.1 Å². The van der Waals surface area contributed by atoms with Crippen molar-refractivity contribution >= 4 is 5.69 Å². The highest BCUT2D eigenvalue weighted by Gasteiger charge is 2.31. The van der Waals surface area contributed by atoms with E-state index in [0.717, 1.165) is 24.1 Å². The smallest absolute Gasteiger partial charge is 0.398 e. The van der Waals surface area contributed by atoms with Crippen LogP contribution in [0.3, 0.4) is 0 Å². The van der Waals surface area contributed by atoms with Crippen molar-refractivity contribution in [3.05, 3.63) is 29.8 Å². The summed E-state index contributed by atoms with van der Waals surface area (Å²) in [7, 11) is 0. The summed E-state index contributed by atoms with van der Waals surface area (Å²) < 4.78 is 41.5. The Hall–Kier alpha value is -1.27. The maximum absolute atomic E-state index is 12.2. The van der Waals surface area contributed by atoms with Gasteiger partial charge in [-0.25, -0.2) is 0 Å². The number of nitrogens with two attached hydrogens (primary N) is 1. The molecule has 21 heavy (non-hydrogen) atoms. The van der Waals surface area contributed by atoms with E-state index < -0.39 is 12.8 Å². The second-order valence-corrected chi connectivity index (χ2v) is 5.49. The number of hydrogen-bond donors (Lipinski definition) is 2. The normalized spacial score (nSPS) is 23.2. The first-order chi connectivity index (χ1) is 9.94. The molecule has 2 rings (SSSR count). The summed E-state index contributed by atoms with van der Waals surface area (Å²) in [6.45, 7) is -0.528. The van der Waals surface area contributed by atoms with Crippen LogP contribution in [-0.2, 0) is 11.3 Å². The van der Waals surface area contributed by atoms with Crippen molar-refractivity contribution in [1.82, 2.24) is 5.32 Å². The number of alkyl halides is 3. The van der Waals surface area contributed by atoms with Gasteiger partial charge >= 0.3 is 6.18 Å². The van der Waals surface area contributed by atoms with Gasteiger partial charge in [0.1, 0.15) is 6.61 Å².